The van der Waals surface area contributed by atoms with E-state index in [0.717, 1.165) is 18.5 Å². The molecule has 0 aliphatic rings. The molecule has 24 heavy (non-hydrogen) atoms. The fourth-order valence-corrected chi connectivity index (χ4v) is 3.18. The van der Waals surface area contributed by atoms with Gasteiger partial charge in [-0.1, -0.05) is 86.6 Å². The normalized spacial score (nSPS) is 11.0. The predicted molar refractivity (Wildman–Crippen MR) is 103 cm³/mol. The van der Waals surface area contributed by atoms with Crippen LogP contribution in [0.2, 0.25) is 0 Å². The van der Waals surface area contributed by atoms with E-state index in [1.54, 1.807) is 0 Å². The Morgan fingerprint density at radius 1 is 0.708 bits per heavy atom. The van der Waals surface area contributed by atoms with E-state index in [-0.39, 0.29) is 0 Å². The molecule has 0 aromatic heterocycles. The highest BCUT2D eigenvalue weighted by atomic mass is 14.6. The minimum atomic E-state index is 0.426. The minimum Gasteiger partial charge on any atom is -0.398 e. The third-order valence-corrected chi connectivity index (χ3v) is 4.47. The van der Waals surface area contributed by atoms with Crippen molar-refractivity contribution in [3.8, 4) is 0 Å². The van der Waals surface area contributed by atoms with E-state index >= 15 is 0 Å². The Morgan fingerprint density at radius 2 is 1.25 bits per heavy atom. The molecule has 3 aromatic rings. The summed E-state index contributed by atoms with van der Waals surface area (Å²) in [7, 11) is 0. The van der Waals surface area contributed by atoms with Crippen LogP contribution in [0.4, 0.5) is 5.69 Å². The van der Waals surface area contributed by atoms with Gasteiger partial charge in [0.25, 0.3) is 0 Å². The van der Waals surface area contributed by atoms with Crippen LogP contribution in [0.1, 0.15) is 47.6 Å². The van der Waals surface area contributed by atoms with Gasteiger partial charge in [-0.15, -0.1) is 0 Å². The summed E-state index contributed by atoms with van der Waals surface area (Å²) in [4.78, 5) is 0. The van der Waals surface area contributed by atoms with Crippen molar-refractivity contribution in [1.82, 2.24) is 0 Å². The van der Waals surface area contributed by atoms with Gasteiger partial charge in [0.05, 0.1) is 0 Å². The summed E-state index contributed by atoms with van der Waals surface area (Å²) in [5, 5.41) is 0. The van der Waals surface area contributed by atoms with E-state index in [0.29, 0.717) is 5.92 Å². The number of rotatable bonds is 5. The molecule has 1 nitrogen and oxygen atoms in total. The van der Waals surface area contributed by atoms with Crippen LogP contribution in [0.3, 0.4) is 0 Å². The molecule has 1 heteroatoms. The second-order valence-corrected chi connectivity index (χ2v) is 6.74. The fraction of sp³-hybridized carbons (Fsp3) is 0.217. The zero-order valence-corrected chi connectivity index (χ0v) is 14.5. The molecule has 0 amide bonds. The Hall–Kier alpha value is -2.54. The number of nitrogen functional groups attached to an aromatic ring is 1. The van der Waals surface area contributed by atoms with Crippen LogP contribution in [0.25, 0.3) is 0 Å². The summed E-state index contributed by atoms with van der Waals surface area (Å²) in [5.41, 5.74) is 13.9. The van der Waals surface area contributed by atoms with E-state index in [1.807, 2.05) is 0 Å². The highest BCUT2D eigenvalue weighted by molar-refractivity contribution is 5.58. The molecule has 0 radical (unpaired) electrons. The second-order valence-electron chi connectivity index (χ2n) is 6.74. The van der Waals surface area contributed by atoms with Crippen molar-refractivity contribution in [2.45, 2.75) is 32.6 Å². The average Bonchev–Trinajstić information content (AvgIpc) is 2.59. The number of hydrogen-bond acceptors (Lipinski definition) is 1. The Balaban J connectivity index is 1.97. The van der Waals surface area contributed by atoms with Gasteiger partial charge in [-0.05, 0) is 46.6 Å². The standard InChI is InChI=1S/C23H25N/c1-17(2)22-16-20(13-18-9-5-3-6-10-18)15-21(23(22)24)14-19-11-7-4-8-12-19/h3-12,15-17H,13-14,24H2,1-2H3. The fourth-order valence-electron chi connectivity index (χ4n) is 3.18. The molecule has 3 rings (SSSR count). The second kappa shape index (κ2) is 7.35. The van der Waals surface area contributed by atoms with Crippen molar-refractivity contribution in [3.05, 3.63) is 101 Å². The summed E-state index contributed by atoms with van der Waals surface area (Å²) >= 11 is 0. The van der Waals surface area contributed by atoms with E-state index < -0.39 is 0 Å². The number of anilines is 1. The van der Waals surface area contributed by atoms with Gasteiger partial charge in [0, 0.05) is 5.69 Å². The first-order valence-corrected chi connectivity index (χ1v) is 8.62. The molecular formula is C23H25N. The lowest BCUT2D eigenvalue weighted by molar-refractivity contribution is 0.863. The maximum Gasteiger partial charge on any atom is 0.0385 e. The third kappa shape index (κ3) is 3.86. The molecule has 0 saturated carbocycles. The van der Waals surface area contributed by atoms with Gasteiger partial charge in [0.15, 0.2) is 0 Å². The van der Waals surface area contributed by atoms with Crippen molar-refractivity contribution in [1.29, 1.82) is 0 Å². The molecular weight excluding hydrogens is 290 g/mol. The molecule has 0 unspecified atom stereocenters. The molecule has 0 aliphatic carbocycles. The minimum absolute atomic E-state index is 0.426. The van der Waals surface area contributed by atoms with Crippen molar-refractivity contribution >= 4 is 5.69 Å². The molecule has 0 heterocycles. The van der Waals surface area contributed by atoms with Gasteiger partial charge in [-0.2, -0.15) is 0 Å². The van der Waals surface area contributed by atoms with Crippen LogP contribution in [0.15, 0.2) is 72.8 Å². The molecule has 3 aromatic carbocycles. The van der Waals surface area contributed by atoms with Crippen molar-refractivity contribution in [3.63, 3.8) is 0 Å². The highest BCUT2D eigenvalue weighted by Gasteiger charge is 2.12. The zero-order valence-electron chi connectivity index (χ0n) is 14.5. The van der Waals surface area contributed by atoms with Gasteiger partial charge >= 0.3 is 0 Å². The van der Waals surface area contributed by atoms with Gasteiger partial charge in [0.2, 0.25) is 0 Å². The van der Waals surface area contributed by atoms with Crippen molar-refractivity contribution in [2.24, 2.45) is 0 Å². The SMILES string of the molecule is CC(C)c1cc(Cc2ccccc2)cc(Cc2ccccc2)c1N. The van der Waals surface area contributed by atoms with E-state index in [2.05, 4.69) is 86.6 Å². The van der Waals surface area contributed by atoms with Crippen LogP contribution >= 0.6 is 0 Å². The third-order valence-electron chi connectivity index (χ3n) is 4.47. The van der Waals surface area contributed by atoms with E-state index in [4.69, 9.17) is 5.73 Å². The van der Waals surface area contributed by atoms with Crippen LogP contribution in [-0.4, -0.2) is 0 Å². The summed E-state index contributed by atoms with van der Waals surface area (Å²) in [6.45, 7) is 4.43. The van der Waals surface area contributed by atoms with Crippen LogP contribution in [0.5, 0.6) is 0 Å². The molecule has 0 spiro atoms. The summed E-state index contributed by atoms with van der Waals surface area (Å²) in [6.07, 6.45) is 1.83. The van der Waals surface area contributed by atoms with Crippen molar-refractivity contribution in [2.75, 3.05) is 5.73 Å². The summed E-state index contributed by atoms with van der Waals surface area (Å²) in [6, 6.07) is 25.7. The smallest absolute Gasteiger partial charge is 0.0385 e. The average molecular weight is 315 g/mol. The molecule has 2 N–H and O–H groups in total. The summed E-state index contributed by atoms with van der Waals surface area (Å²) < 4.78 is 0. The Morgan fingerprint density at radius 3 is 1.79 bits per heavy atom. The van der Waals surface area contributed by atoms with Gasteiger partial charge < -0.3 is 5.73 Å². The number of hydrogen-bond donors (Lipinski definition) is 1. The Kier molecular flexibility index (Phi) is 5.00. The maximum atomic E-state index is 6.49. The van der Waals surface area contributed by atoms with Gasteiger partial charge in [0.1, 0.15) is 0 Å². The summed E-state index contributed by atoms with van der Waals surface area (Å²) in [5.74, 6) is 0.426. The van der Waals surface area contributed by atoms with Crippen molar-refractivity contribution < 1.29 is 0 Å². The quantitative estimate of drug-likeness (QED) is 0.612. The first-order chi connectivity index (χ1) is 11.6. The monoisotopic (exact) mass is 315 g/mol. The van der Waals surface area contributed by atoms with E-state index in [1.165, 1.54) is 27.8 Å². The molecule has 0 bridgehead atoms. The highest BCUT2D eigenvalue weighted by Crippen LogP contribution is 2.29. The van der Waals surface area contributed by atoms with Gasteiger partial charge in [-0.25, -0.2) is 0 Å². The van der Waals surface area contributed by atoms with Gasteiger partial charge in [-0.3, -0.25) is 0 Å². The van der Waals surface area contributed by atoms with Crippen LogP contribution < -0.4 is 5.73 Å². The van der Waals surface area contributed by atoms with E-state index in [9.17, 15) is 0 Å². The van der Waals surface area contributed by atoms with Crippen LogP contribution in [0, 0.1) is 0 Å². The predicted octanol–water partition coefficient (Wildman–Crippen LogP) is 5.57. The Labute approximate surface area is 145 Å². The Bertz CT molecular complexity index is 789. The molecule has 0 aliphatic heterocycles. The molecule has 0 saturated heterocycles. The lowest BCUT2D eigenvalue weighted by atomic mass is 9.90. The largest absolute Gasteiger partial charge is 0.398 e. The number of benzene rings is 3. The lowest BCUT2D eigenvalue weighted by Gasteiger charge is -2.17. The first-order valence-electron chi connectivity index (χ1n) is 8.62. The maximum absolute atomic E-state index is 6.49. The molecule has 0 atom stereocenters. The zero-order chi connectivity index (χ0) is 16.9. The molecule has 122 valence electrons. The lowest BCUT2D eigenvalue weighted by Crippen LogP contribution is -2.05. The first kappa shape index (κ1) is 16.3. The topological polar surface area (TPSA) is 26.0 Å². The molecule has 0 fully saturated rings. The van der Waals surface area contributed by atoms with Crippen LogP contribution in [-0.2, 0) is 12.8 Å². The number of nitrogens with two attached hydrogens (primary N) is 1.